The molecule has 0 aliphatic carbocycles. The molecule has 1 fully saturated rings. The molecule has 2 aromatic rings. The molecule has 0 unspecified atom stereocenters. The van der Waals surface area contributed by atoms with E-state index in [0.29, 0.717) is 14.8 Å². The lowest BCUT2D eigenvalue weighted by molar-refractivity contribution is 0.218. The summed E-state index contributed by atoms with van der Waals surface area (Å²) in [6.45, 7) is 3.57. The molecule has 0 spiro atoms. The van der Waals surface area contributed by atoms with Gasteiger partial charge in [0.25, 0.3) is 0 Å². The number of thiazole rings is 1. The van der Waals surface area contributed by atoms with Gasteiger partial charge in [0.15, 0.2) is 4.80 Å². The van der Waals surface area contributed by atoms with Crippen molar-refractivity contribution in [1.82, 2.24) is 9.47 Å². The van der Waals surface area contributed by atoms with Crippen molar-refractivity contribution in [3.05, 3.63) is 44.1 Å². The number of aryl methyl sites for hydroxylation is 1. The zero-order valence-corrected chi connectivity index (χ0v) is 14.4. The smallest absolute Gasteiger partial charge is 0.323 e. The molecule has 0 saturated carbocycles. The van der Waals surface area contributed by atoms with Gasteiger partial charge in [0, 0.05) is 29.9 Å². The van der Waals surface area contributed by atoms with Crippen LogP contribution in [0.4, 0.5) is 4.79 Å². The first kappa shape index (κ1) is 15.6. The summed E-state index contributed by atoms with van der Waals surface area (Å²) in [5.41, 5.74) is 0.840. The summed E-state index contributed by atoms with van der Waals surface area (Å²) < 4.78 is 1.87. The van der Waals surface area contributed by atoms with E-state index >= 15 is 0 Å². The minimum atomic E-state index is -0.173. The molecule has 3 rings (SSSR count). The van der Waals surface area contributed by atoms with E-state index in [-0.39, 0.29) is 6.03 Å². The Morgan fingerprint density at radius 1 is 1.23 bits per heavy atom. The number of rotatable bonds is 1. The number of urea groups is 1. The molecule has 1 aliphatic heterocycles. The standard InChI is InChI=1S/C15H15Cl2N3OS/c1-10-9-20(11-4-5-12(16)13(17)8-11)15(22-10)18-14(21)19-6-2-3-7-19/h4-5,8-9H,2-3,6-7H2,1H3. The van der Waals surface area contributed by atoms with Crippen LogP contribution in [-0.2, 0) is 0 Å². The minimum Gasteiger partial charge on any atom is -0.323 e. The lowest BCUT2D eigenvalue weighted by Crippen LogP contribution is -2.27. The molecular formula is C15H15Cl2N3OS. The summed E-state index contributed by atoms with van der Waals surface area (Å²) in [6, 6.07) is 5.20. The number of carbonyl (C=O) groups is 1. The number of hydrogen-bond acceptors (Lipinski definition) is 2. The molecule has 0 bridgehead atoms. The van der Waals surface area contributed by atoms with Crippen LogP contribution >= 0.6 is 34.5 Å². The van der Waals surface area contributed by atoms with Crippen molar-refractivity contribution in [2.24, 2.45) is 4.99 Å². The largest absolute Gasteiger partial charge is 0.346 e. The summed E-state index contributed by atoms with van der Waals surface area (Å²) in [4.78, 5) is 20.0. The van der Waals surface area contributed by atoms with E-state index < -0.39 is 0 Å². The van der Waals surface area contributed by atoms with E-state index in [4.69, 9.17) is 23.2 Å². The maximum Gasteiger partial charge on any atom is 0.346 e. The van der Waals surface area contributed by atoms with Crippen molar-refractivity contribution >= 4 is 40.6 Å². The Hall–Kier alpha value is -1.30. The van der Waals surface area contributed by atoms with Crippen LogP contribution in [0.1, 0.15) is 17.7 Å². The van der Waals surface area contributed by atoms with Crippen LogP contribution in [-0.4, -0.2) is 28.6 Å². The van der Waals surface area contributed by atoms with Crippen molar-refractivity contribution in [1.29, 1.82) is 0 Å². The third-order valence-corrected chi connectivity index (χ3v) is 5.16. The van der Waals surface area contributed by atoms with Gasteiger partial charge in [-0.1, -0.05) is 23.2 Å². The van der Waals surface area contributed by atoms with Gasteiger partial charge in [0.2, 0.25) is 0 Å². The first-order chi connectivity index (χ1) is 10.5. The number of amides is 2. The number of hydrogen-bond donors (Lipinski definition) is 0. The van der Waals surface area contributed by atoms with E-state index in [2.05, 4.69) is 4.99 Å². The van der Waals surface area contributed by atoms with Gasteiger partial charge < -0.3 is 4.90 Å². The summed E-state index contributed by atoms with van der Waals surface area (Å²) in [7, 11) is 0. The second-order valence-corrected chi connectivity index (χ2v) is 7.21. The molecule has 116 valence electrons. The number of aromatic nitrogens is 1. The van der Waals surface area contributed by atoms with Crippen molar-refractivity contribution in [3.63, 3.8) is 0 Å². The number of halogens is 2. The van der Waals surface area contributed by atoms with E-state index in [1.165, 1.54) is 11.3 Å². The molecule has 4 nitrogen and oxygen atoms in total. The highest BCUT2D eigenvalue weighted by atomic mass is 35.5. The normalized spacial score (nSPS) is 15.6. The Balaban J connectivity index is 2.02. The van der Waals surface area contributed by atoms with Gasteiger partial charge in [-0.05, 0) is 38.0 Å². The fourth-order valence-electron chi connectivity index (χ4n) is 2.41. The second kappa shape index (κ2) is 6.44. The predicted molar refractivity (Wildman–Crippen MR) is 90.2 cm³/mol. The third-order valence-electron chi connectivity index (χ3n) is 3.52. The van der Waals surface area contributed by atoms with Crippen LogP contribution in [0.25, 0.3) is 5.69 Å². The third kappa shape index (κ3) is 3.21. The van der Waals surface area contributed by atoms with Crippen LogP contribution < -0.4 is 4.80 Å². The van der Waals surface area contributed by atoms with Crippen LogP contribution in [0.2, 0.25) is 10.0 Å². The average molecular weight is 356 g/mol. The van der Waals surface area contributed by atoms with E-state index in [0.717, 1.165) is 36.5 Å². The molecule has 2 heterocycles. The first-order valence-electron chi connectivity index (χ1n) is 7.03. The highest BCUT2D eigenvalue weighted by Gasteiger charge is 2.17. The van der Waals surface area contributed by atoms with Gasteiger partial charge in [-0.15, -0.1) is 11.3 Å². The zero-order chi connectivity index (χ0) is 15.7. The summed E-state index contributed by atoms with van der Waals surface area (Å²) in [6.07, 6.45) is 4.05. The lowest BCUT2D eigenvalue weighted by atomic mass is 10.3. The predicted octanol–water partition coefficient (Wildman–Crippen LogP) is 4.27. The Morgan fingerprint density at radius 3 is 2.64 bits per heavy atom. The molecule has 1 aliphatic rings. The van der Waals surface area contributed by atoms with Gasteiger partial charge in [0.1, 0.15) is 0 Å². The Labute approximate surface area is 142 Å². The molecule has 1 saturated heterocycles. The number of carbonyl (C=O) groups excluding carboxylic acids is 1. The van der Waals surface area contributed by atoms with Gasteiger partial charge >= 0.3 is 6.03 Å². The summed E-state index contributed by atoms with van der Waals surface area (Å²) in [5.74, 6) is 0. The quantitative estimate of drug-likeness (QED) is 0.752. The van der Waals surface area contributed by atoms with Crippen molar-refractivity contribution in [3.8, 4) is 5.69 Å². The molecule has 1 aromatic heterocycles. The Kier molecular flexibility index (Phi) is 4.57. The average Bonchev–Trinajstić information content (AvgIpc) is 3.12. The van der Waals surface area contributed by atoms with E-state index in [1.54, 1.807) is 17.0 Å². The first-order valence-corrected chi connectivity index (χ1v) is 8.60. The van der Waals surface area contributed by atoms with Gasteiger partial charge in [-0.2, -0.15) is 4.99 Å². The number of likely N-dealkylation sites (tertiary alicyclic amines) is 1. The fourth-order valence-corrected chi connectivity index (χ4v) is 3.53. The molecule has 7 heteroatoms. The van der Waals surface area contributed by atoms with Crippen molar-refractivity contribution in [2.45, 2.75) is 19.8 Å². The zero-order valence-electron chi connectivity index (χ0n) is 12.1. The van der Waals surface area contributed by atoms with Gasteiger partial charge in [-0.3, -0.25) is 4.57 Å². The SMILES string of the molecule is Cc1cn(-c2ccc(Cl)c(Cl)c2)c(=NC(=O)N2CCCC2)s1. The fraction of sp³-hybridized carbons (Fsp3) is 0.333. The molecule has 22 heavy (non-hydrogen) atoms. The molecule has 0 atom stereocenters. The topological polar surface area (TPSA) is 37.6 Å². The maximum atomic E-state index is 12.2. The maximum absolute atomic E-state index is 12.2. The lowest BCUT2D eigenvalue weighted by Gasteiger charge is -2.10. The van der Waals surface area contributed by atoms with Gasteiger partial charge in [-0.25, -0.2) is 4.79 Å². The molecule has 1 aromatic carbocycles. The van der Waals surface area contributed by atoms with Crippen LogP contribution in [0.3, 0.4) is 0 Å². The van der Waals surface area contributed by atoms with Crippen LogP contribution in [0.15, 0.2) is 29.4 Å². The molecule has 0 N–H and O–H groups in total. The molecule has 2 amide bonds. The van der Waals surface area contributed by atoms with Crippen molar-refractivity contribution in [2.75, 3.05) is 13.1 Å². The van der Waals surface area contributed by atoms with Gasteiger partial charge in [0.05, 0.1) is 10.0 Å². The van der Waals surface area contributed by atoms with E-state index in [1.807, 2.05) is 23.8 Å². The highest BCUT2D eigenvalue weighted by Crippen LogP contribution is 2.24. The Bertz CT molecular complexity index is 775. The van der Waals surface area contributed by atoms with Crippen LogP contribution in [0, 0.1) is 6.92 Å². The summed E-state index contributed by atoms with van der Waals surface area (Å²) >= 11 is 13.5. The monoisotopic (exact) mass is 355 g/mol. The number of nitrogens with zero attached hydrogens (tertiary/aromatic N) is 3. The summed E-state index contributed by atoms with van der Waals surface area (Å²) in [5, 5.41) is 0.983. The van der Waals surface area contributed by atoms with Crippen molar-refractivity contribution < 1.29 is 4.79 Å². The minimum absolute atomic E-state index is 0.173. The Morgan fingerprint density at radius 2 is 1.95 bits per heavy atom. The second-order valence-electron chi connectivity index (χ2n) is 5.18. The van der Waals surface area contributed by atoms with Crippen LogP contribution in [0.5, 0.6) is 0 Å². The molecule has 0 radical (unpaired) electrons. The highest BCUT2D eigenvalue weighted by molar-refractivity contribution is 7.09. The molecular weight excluding hydrogens is 341 g/mol. The number of benzene rings is 1. The van der Waals surface area contributed by atoms with E-state index in [9.17, 15) is 4.79 Å².